The fourth-order valence-corrected chi connectivity index (χ4v) is 4.44. The number of hydrogen-bond donors (Lipinski definition) is 1. The number of nitrogens with one attached hydrogen (secondary N) is 1. The van der Waals surface area contributed by atoms with Crippen molar-refractivity contribution < 1.29 is 4.79 Å². The molecule has 0 bridgehead atoms. The maximum absolute atomic E-state index is 12.7. The van der Waals surface area contributed by atoms with Crippen LogP contribution < -0.4 is 5.32 Å². The molecule has 0 aromatic heterocycles. The van der Waals surface area contributed by atoms with E-state index in [0.29, 0.717) is 12.6 Å². The maximum atomic E-state index is 12.7. The highest BCUT2D eigenvalue weighted by Crippen LogP contribution is 2.19. The Morgan fingerprint density at radius 2 is 1.91 bits per heavy atom. The Hall–Kier alpha value is -1.20. The molecule has 2 fully saturated rings. The first-order valence-corrected chi connectivity index (χ1v) is 9.87. The fourth-order valence-electron chi connectivity index (χ4n) is 3.39. The lowest BCUT2D eigenvalue weighted by Gasteiger charge is -2.32. The topological polar surface area (TPSA) is 35.6 Å². The molecule has 0 spiro atoms. The molecule has 3 rings (SSSR count). The number of likely N-dealkylation sites (tertiary alicyclic amines) is 1. The number of rotatable bonds is 4. The van der Waals surface area contributed by atoms with E-state index in [9.17, 15) is 4.79 Å². The molecule has 23 heavy (non-hydrogen) atoms. The molecule has 1 unspecified atom stereocenters. The normalized spacial score (nSPS) is 22.8. The van der Waals surface area contributed by atoms with E-state index in [0.717, 1.165) is 30.8 Å². The summed E-state index contributed by atoms with van der Waals surface area (Å²) >= 11 is 1.99. The third-order valence-electron chi connectivity index (χ3n) is 4.65. The zero-order valence-corrected chi connectivity index (χ0v) is 14.6. The van der Waals surface area contributed by atoms with Gasteiger partial charge in [-0.1, -0.05) is 30.3 Å². The Kier molecular flexibility index (Phi) is 6.22. The van der Waals surface area contributed by atoms with Gasteiger partial charge in [0.1, 0.15) is 0 Å². The summed E-state index contributed by atoms with van der Waals surface area (Å²) in [5.41, 5.74) is 1.15. The molecule has 0 saturated carbocycles. The van der Waals surface area contributed by atoms with Gasteiger partial charge in [-0.2, -0.15) is 11.8 Å². The number of hydrogen-bond acceptors (Lipinski definition) is 3. The molecule has 2 amide bonds. The van der Waals surface area contributed by atoms with Crippen LogP contribution in [-0.2, 0) is 6.54 Å². The van der Waals surface area contributed by atoms with Gasteiger partial charge in [-0.3, -0.25) is 0 Å². The van der Waals surface area contributed by atoms with Crippen molar-refractivity contribution in [1.29, 1.82) is 0 Å². The van der Waals surface area contributed by atoms with Crippen LogP contribution in [0.3, 0.4) is 0 Å². The van der Waals surface area contributed by atoms with E-state index >= 15 is 0 Å². The number of thioether (sulfide) groups is 1. The molecule has 5 heteroatoms. The van der Waals surface area contributed by atoms with Crippen molar-refractivity contribution in [3.8, 4) is 0 Å². The molecule has 2 aliphatic rings. The largest absolute Gasteiger partial charge is 0.334 e. The Morgan fingerprint density at radius 1 is 1.13 bits per heavy atom. The molecule has 1 aromatic carbocycles. The summed E-state index contributed by atoms with van der Waals surface area (Å²) in [6.07, 6.45) is 3.71. The van der Waals surface area contributed by atoms with Crippen LogP contribution in [0, 0.1) is 0 Å². The molecule has 2 aliphatic heterocycles. The van der Waals surface area contributed by atoms with E-state index in [2.05, 4.69) is 27.2 Å². The van der Waals surface area contributed by atoms with Crippen molar-refractivity contribution >= 4 is 17.8 Å². The monoisotopic (exact) mass is 333 g/mol. The van der Waals surface area contributed by atoms with E-state index in [1.807, 2.05) is 30.0 Å². The molecule has 1 aromatic rings. The van der Waals surface area contributed by atoms with Crippen LogP contribution in [0.2, 0.25) is 0 Å². The summed E-state index contributed by atoms with van der Waals surface area (Å²) < 4.78 is 0. The lowest BCUT2D eigenvalue weighted by Crippen LogP contribution is -2.51. The zero-order chi connectivity index (χ0) is 15.9. The van der Waals surface area contributed by atoms with Gasteiger partial charge in [-0.25, -0.2) is 4.79 Å². The SMILES string of the molecule is O=C(NCc1ccccc1)N1CCCSCC1CN1CCCC1. The molecule has 2 saturated heterocycles. The van der Waals surface area contributed by atoms with Crippen molar-refractivity contribution in [3.63, 3.8) is 0 Å². The number of nitrogens with zero attached hydrogens (tertiary/aromatic N) is 2. The fraction of sp³-hybridized carbons (Fsp3) is 0.611. The zero-order valence-electron chi connectivity index (χ0n) is 13.7. The van der Waals surface area contributed by atoms with Gasteiger partial charge in [0.2, 0.25) is 0 Å². The summed E-state index contributed by atoms with van der Waals surface area (Å²) in [6, 6.07) is 10.6. The smallest absolute Gasteiger partial charge is 0.317 e. The summed E-state index contributed by atoms with van der Waals surface area (Å²) in [4.78, 5) is 17.3. The molecular formula is C18H27N3OS. The average molecular weight is 334 g/mol. The van der Waals surface area contributed by atoms with Gasteiger partial charge in [-0.05, 0) is 43.7 Å². The third-order valence-corrected chi connectivity index (χ3v) is 5.85. The molecular weight excluding hydrogens is 306 g/mol. The average Bonchev–Trinajstić information content (AvgIpc) is 2.98. The van der Waals surface area contributed by atoms with Crippen LogP contribution >= 0.6 is 11.8 Å². The van der Waals surface area contributed by atoms with E-state index < -0.39 is 0 Å². The summed E-state index contributed by atoms with van der Waals surface area (Å²) in [7, 11) is 0. The maximum Gasteiger partial charge on any atom is 0.317 e. The summed E-state index contributed by atoms with van der Waals surface area (Å²) in [6.45, 7) is 4.92. The summed E-state index contributed by atoms with van der Waals surface area (Å²) in [5.74, 6) is 2.23. The lowest BCUT2D eigenvalue weighted by molar-refractivity contribution is 0.162. The Balaban J connectivity index is 1.57. The molecule has 2 heterocycles. The van der Waals surface area contributed by atoms with Crippen molar-refractivity contribution in [3.05, 3.63) is 35.9 Å². The van der Waals surface area contributed by atoms with Gasteiger partial charge in [0.25, 0.3) is 0 Å². The van der Waals surface area contributed by atoms with Crippen LogP contribution in [0.1, 0.15) is 24.8 Å². The number of carbonyl (C=O) groups excluding carboxylic acids is 1. The van der Waals surface area contributed by atoms with Crippen molar-refractivity contribution in [1.82, 2.24) is 15.1 Å². The Bertz CT molecular complexity index is 490. The van der Waals surface area contributed by atoms with Gasteiger partial charge < -0.3 is 15.1 Å². The first-order valence-electron chi connectivity index (χ1n) is 8.71. The lowest BCUT2D eigenvalue weighted by atomic mass is 10.2. The molecule has 4 nitrogen and oxygen atoms in total. The summed E-state index contributed by atoms with van der Waals surface area (Å²) in [5, 5.41) is 3.11. The predicted octanol–water partition coefficient (Wildman–Crippen LogP) is 2.80. The molecule has 0 radical (unpaired) electrons. The highest BCUT2D eigenvalue weighted by atomic mass is 32.2. The number of benzene rings is 1. The first-order chi connectivity index (χ1) is 11.3. The van der Waals surface area contributed by atoms with Crippen LogP contribution in [0.5, 0.6) is 0 Å². The second kappa shape index (κ2) is 8.60. The minimum atomic E-state index is 0.0977. The van der Waals surface area contributed by atoms with Crippen LogP contribution in [0.4, 0.5) is 4.79 Å². The number of amides is 2. The Labute approximate surface area is 143 Å². The first kappa shape index (κ1) is 16.7. The number of carbonyl (C=O) groups is 1. The van der Waals surface area contributed by atoms with Gasteiger partial charge in [0, 0.05) is 25.4 Å². The second-order valence-electron chi connectivity index (χ2n) is 6.43. The molecule has 0 aliphatic carbocycles. The van der Waals surface area contributed by atoms with Crippen molar-refractivity contribution in [2.75, 3.05) is 37.7 Å². The van der Waals surface area contributed by atoms with Crippen LogP contribution in [0.15, 0.2) is 30.3 Å². The van der Waals surface area contributed by atoms with Crippen molar-refractivity contribution in [2.45, 2.75) is 31.8 Å². The molecule has 1 atom stereocenters. The van der Waals surface area contributed by atoms with Crippen molar-refractivity contribution in [2.24, 2.45) is 0 Å². The Morgan fingerprint density at radius 3 is 2.70 bits per heavy atom. The number of urea groups is 1. The van der Waals surface area contributed by atoms with E-state index in [-0.39, 0.29) is 6.03 Å². The van der Waals surface area contributed by atoms with E-state index in [1.54, 1.807) is 0 Å². The minimum absolute atomic E-state index is 0.0977. The third kappa shape index (κ3) is 4.88. The van der Waals surface area contributed by atoms with Gasteiger partial charge in [0.05, 0.1) is 6.04 Å². The van der Waals surface area contributed by atoms with E-state index in [1.165, 1.54) is 31.7 Å². The predicted molar refractivity (Wildman–Crippen MR) is 96.8 cm³/mol. The van der Waals surface area contributed by atoms with Gasteiger partial charge in [-0.15, -0.1) is 0 Å². The molecule has 126 valence electrons. The van der Waals surface area contributed by atoms with Gasteiger partial charge in [0.15, 0.2) is 0 Å². The second-order valence-corrected chi connectivity index (χ2v) is 7.58. The van der Waals surface area contributed by atoms with Crippen LogP contribution in [0.25, 0.3) is 0 Å². The standard InChI is InChI=1S/C18H27N3OS/c22-18(19-13-16-7-2-1-3-8-16)21-11-6-12-23-15-17(21)14-20-9-4-5-10-20/h1-3,7-8,17H,4-6,9-15H2,(H,19,22). The minimum Gasteiger partial charge on any atom is -0.334 e. The van der Waals surface area contributed by atoms with Crippen LogP contribution in [-0.4, -0.2) is 59.6 Å². The van der Waals surface area contributed by atoms with Gasteiger partial charge >= 0.3 is 6.03 Å². The quantitative estimate of drug-likeness (QED) is 0.920. The molecule has 1 N–H and O–H groups in total. The van der Waals surface area contributed by atoms with E-state index in [4.69, 9.17) is 0 Å². The highest BCUT2D eigenvalue weighted by molar-refractivity contribution is 7.99. The highest BCUT2D eigenvalue weighted by Gasteiger charge is 2.28.